The molecule has 0 aliphatic carbocycles. The molecule has 6 heteroatoms. The fourth-order valence-corrected chi connectivity index (χ4v) is 5.15. The Kier molecular flexibility index (Phi) is 8.00. The monoisotopic (exact) mass is 582 g/mol. The number of benzene rings is 3. The first-order valence-electron chi connectivity index (χ1n) is 15.1. The van der Waals surface area contributed by atoms with Crippen LogP contribution in [0, 0.1) is 5.41 Å². The summed E-state index contributed by atoms with van der Waals surface area (Å²) in [5, 5.41) is 2.42. The van der Waals surface area contributed by atoms with Gasteiger partial charge < -0.3 is 9.47 Å². The summed E-state index contributed by atoms with van der Waals surface area (Å²) < 4.78 is 11.5. The van der Waals surface area contributed by atoms with Crippen LogP contribution in [-0.4, -0.2) is 46.6 Å². The summed E-state index contributed by atoms with van der Waals surface area (Å²) in [5.41, 5.74) is 5.65. The van der Waals surface area contributed by atoms with Crippen LogP contribution in [-0.2, 0) is 9.47 Å². The predicted molar refractivity (Wildman–Crippen MR) is 179 cm³/mol. The van der Waals surface area contributed by atoms with Gasteiger partial charge in [-0.15, -0.1) is 0 Å². The van der Waals surface area contributed by atoms with Crippen LogP contribution in [0.1, 0.15) is 46.0 Å². The standard InChI is InChI=1S/C22H22N2O.C16H16N2O/c1-22(2,3)20-14-25-21(24-20)19-13-7-12-18(23-19)17-11-6-9-15-8-4-5-10-16(15)17;1-16(2)11-19-15(18-16)14-10-6-9-13(17-14)12-7-4-3-5-8-12/h4-13,20H,14H2,1-3H3;3-10H,11H2,1-2H3. The quantitative estimate of drug-likeness (QED) is 0.213. The van der Waals surface area contributed by atoms with E-state index in [1.807, 2.05) is 66.7 Å². The van der Waals surface area contributed by atoms with Crippen LogP contribution in [0.25, 0.3) is 33.3 Å². The van der Waals surface area contributed by atoms with E-state index in [-0.39, 0.29) is 17.0 Å². The number of nitrogens with zero attached hydrogens (tertiary/aromatic N) is 4. The molecule has 0 N–H and O–H groups in total. The first-order chi connectivity index (χ1) is 21.2. The van der Waals surface area contributed by atoms with E-state index in [1.165, 1.54) is 10.8 Å². The minimum Gasteiger partial charge on any atom is -0.474 e. The molecule has 2 aromatic heterocycles. The van der Waals surface area contributed by atoms with Gasteiger partial charge in [0.15, 0.2) is 0 Å². The second kappa shape index (κ2) is 12.0. The molecule has 0 saturated carbocycles. The van der Waals surface area contributed by atoms with E-state index in [0.717, 1.165) is 33.9 Å². The molecule has 0 radical (unpaired) electrons. The second-order valence-corrected chi connectivity index (χ2v) is 12.9. The number of hydrogen-bond acceptors (Lipinski definition) is 6. The molecular formula is C38H38N4O2. The zero-order chi connectivity index (χ0) is 30.7. The van der Waals surface area contributed by atoms with Crippen LogP contribution in [0.3, 0.4) is 0 Å². The third kappa shape index (κ3) is 6.55. The van der Waals surface area contributed by atoms with Crippen LogP contribution in [0.2, 0.25) is 0 Å². The molecule has 2 aliphatic rings. The molecule has 222 valence electrons. The number of pyridine rings is 2. The predicted octanol–water partition coefficient (Wildman–Crippen LogP) is 8.40. The molecule has 0 saturated heterocycles. The molecule has 1 atom stereocenters. The molecule has 3 aromatic carbocycles. The molecule has 2 aliphatic heterocycles. The first kappa shape index (κ1) is 29.2. The summed E-state index contributed by atoms with van der Waals surface area (Å²) in [5.74, 6) is 1.30. The highest BCUT2D eigenvalue weighted by atomic mass is 16.5. The Morgan fingerprint density at radius 3 is 1.95 bits per heavy atom. The van der Waals surface area contributed by atoms with Crippen molar-refractivity contribution in [1.82, 2.24) is 9.97 Å². The van der Waals surface area contributed by atoms with Crippen LogP contribution < -0.4 is 0 Å². The van der Waals surface area contributed by atoms with Crippen molar-refractivity contribution in [3.05, 3.63) is 121 Å². The van der Waals surface area contributed by atoms with E-state index in [0.29, 0.717) is 25.0 Å². The summed E-state index contributed by atoms with van der Waals surface area (Å²) in [6, 6.07) is 37.0. The SMILES string of the molecule is CC(C)(C)C1COC(c2cccc(-c3cccc4ccccc34)n2)=N1.CC1(C)COC(c2cccc(-c3ccccc3)n2)=N1. The topological polar surface area (TPSA) is 69.0 Å². The normalized spacial score (nSPS) is 17.2. The van der Waals surface area contributed by atoms with Gasteiger partial charge in [-0.3, -0.25) is 0 Å². The molecule has 6 nitrogen and oxygen atoms in total. The minimum absolute atomic E-state index is 0.0923. The van der Waals surface area contributed by atoms with Gasteiger partial charge in [-0.05, 0) is 54.3 Å². The van der Waals surface area contributed by atoms with E-state index >= 15 is 0 Å². The van der Waals surface area contributed by atoms with Crippen LogP contribution in [0.4, 0.5) is 0 Å². The van der Waals surface area contributed by atoms with E-state index in [2.05, 4.69) is 87.1 Å². The molecule has 7 rings (SSSR count). The average molecular weight is 583 g/mol. The number of rotatable bonds is 4. The summed E-state index contributed by atoms with van der Waals surface area (Å²) in [6.07, 6.45) is 0. The number of aromatic nitrogens is 2. The van der Waals surface area contributed by atoms with E-state index in [4.69, 9.17) is 19.5 Å². The molecule has 0 amide bonds. The molecule has 0 bridgehead atoms. The van der Waals surface area contributed by atoms with E-state index < -0.39 is 0 Å². The van der Waals surface area contributed by atoms with Crippen molar-refractivity contribution < 1.29 is 9.47 Å². The summed E-state index contributed by atoms with van der Waals surface area (Å²) in [7, 11) is 0. The lowest BCUT2D eigenvalue weighted by molar-refractivity contribution is 0.235. The molecule has 4 heterocycles. The number of ether oxygens (including phenoxy) is 2. The lowest BCUT2D eigenvalue weighted by Crippen LogP contribution is -2.25. The highest BCUT2D eigenvalue weighted by molar-refractivity contribution is 5.98. The van der Waals surface area contributed by atoms with Gasteiger partial charge in [-0.2, -0.15) is 0 Å². The maximum absolute atomic E-state index is 5.84. The highest BCUT2D eigenvalue weighted by Crippen LogP contribution is 2.30. The molecule has 0 fully saturated rings. The maximum Gasteiger partial charge on any atom is 0.236 e. The highest BCUT2D eigenvalue weighted by Gasteiger charge is 2.31. The largest absolute Gasteiger partial charge is 0.474 e. The summed E-state index contributed by atoms with van der Waals surface area (Å²) in [4.78, 5) is 18.8. The maximum atomic E-state index is 5.84. The van der Waals surface area contributed by atoms with Crippen molar-refractivity contribution in [3.8, 4) is 22.5 Å². The van der Waals surface area contributed by atoms with E-state index in [9.17, 15) is 0 Å². The van der Waals surface area contributed by atoms with Crippen molar-refractivity contribution in [1.29, 1.82) is 0 Å². The Labute approximate surface area is 259 Å². The molecule has 1 unspecified atom stereocenters. The third-order valence-corrected chi connectivity index (χ3v) is 7.69. The summed E-state index contributed by atoms with van der Waals surface area (Å²) in [6.45, 7) is 11.9. The van der Waals surface area contributed by atoms with Gasteiger partial charge in [0, 0.05) is 11.1 Å². The zero-order valence-corrected chi connectivity index (χ0v) is 26.0. The lowest BCUT2D eigenvalue weighted by atomic mass is 9.88. The molecule has 44 heavy (non-hydrogen) atoms. The van der Waals surface area contributed by atoms with Crippen molar-refractivity contribution in [2.24, 2.45) is 15.4 Å². The Bertz CT molecular complexity index is 1830. The second-order valence-electron chi connectivity index (χ2n) is 12.9. The van der Waals surface area contributed by atoms with Gasteiger partial charge in [0.1, 0.15) is 24.6 Å². The Hall–Kier alpha value is -4.84. The van der Waals surface area contributed by atoms with E-state index in [1.54, 1.807) is 0 Å². The van der Waals surface area contributed by atoms with Gasteiger partial charge in [0.05, 0.1) is 23.0 Å². The number of fused-ring (bicyclic) bond motifs is 1. The Morgan fingerprint density at radius 2 is 1.25 bits per heavy atom. The zero-order valence-electron chi connectivity index (χ0n) is 26.0. The summed E-state index contributed by atoms with van der Waals surface area (Å²) >= 11 is 0. The van der Waals surface area contributed by atoms with Gasteiger partial charge >= 0.3 is 0 Å². The van der Waals surface area contributed by atoms with Crippen LogP contribution in [0.15, 0.2) is 119 Å². The molecular weight excluding hydrogens is 544 g/mol. The van der Waals surface area contributed by atoms with Gasteiger partial charge in [-0.1, -0.05) is 106 Å². The number of hydrogen-bond donors (Lipinski definition) is 0. The van der Waals surface area contributed by atoms with Crippen molar-refractivity contribution >= 4 is 22.6 Å². The van der Waals surface area contributed by atoms with Crippen molar-refractivity contribution in [3.63, 3.8) is 0 Å². The fraction of sp³-hybridized carbons (Fsp3) is 0.263. The third-order valence-electron chi connectivity index (χ3n) is 7.69. The lowest BCUT2D eigenvalue weighted by Gasteiger charge is -2.21. The number of aliphatic imine (C=N–C) groups is 2. The molecule has 5 aromatic rings. The van der Waals surface area contributed by atoms with Crippen LogP contribution in [0.5, 0.6) is 0 Å². The van der Waals surface area contributed by atoms with Crippen LogP contribution >= 0.6 is 0 Å². The fourth-order valence-electron chi connectivity index (χ4n) is 5.15. The Balaban J connectivity index is 0.000000162. The van der Waals surface area contributed by atoms with Crippen molar-refractivity contribution in [2.75, 3.05) is 13.2 Å². The first-order valence-corrected chi connectivity index (χ1v) is 15.1. The Morgan fingerprint density at radius 1 is 0.636 bits per heavy atom. The van der Waals surface area contributed by atoms with Gasteiger partial charge in [0.25, 0.3) is 0 Å². The minimum atomic E-state index is -0.153. The van der Waals surface area contributed by atoms with Gasteiger partial charge in [0.2, 0.25) is 11.8 Å². The van der Waals surface area contributed by atoms with Crippen molar-refractivity contribution in [2.45, 2.75) is 46.2 Å². The van der Waals surface area contributed by atoms with Gasteiger partial charge in [-0.25, -0.2) is 20.0 Å². The average Bonchev–Trinajstić information content (AvgIpc) is 3.69. The smallest absolute Gasteiger partial charge is 0.236 e. The molecule has 0 spiro atoms.